The summed E-state index contributed by atoms with van der Waals surface area (Å²) in [5, 5.41) is 3.41. The van der Waals surface area contributed by atoms with Crippen molar-refractivity contribution in [2.75, 3.05) is 32.8 Å². The van der Waals surface area contributed by atoms with Gasteiger partial charge in [-0.15, -0.1) is 12.4 Å². The topological polar surface area (TPSA) is 41.6 Å². The van der Waals surface area contributed by atoms with E-state index in [1.54, 1.807) is 0 Å². The predicted molar refractivity (Wildman–Crippen MR) is 89.9 cm³/mol. The van der Waals surface area contributed by atoms with Gasteiger partial charge in [0.05, 0.1) is 12.2 Å². The van der Waals surface area contributed by atoms with E-state index in [-0.39, 0.29) is 18.3 Å². The third-order valence-corrected chi connectivity index (χ3v) is 4.81. The predicted octanol–water partition coefficient (Wildman–Crippen LogP) is 2.72. The molecule has 2 saturated heterocycles. The minimum absolute atomic E-state index is 0. The first-order valence-electron chi connectivity index (χ1n) is 7.96. The number of halogens is 1. The number of nitrogens with one attached hydrogen (secondary N) is 1. The first kappa shape index (κ1) is 17.1. The molecule has 2 aliphatic heterocycles. The fourth-order valence-electron chi connectivity index (χ4n) is 3.57. The molecule has 1 aromatic rings. The fourth-order valence-corrected chi connectivity index (χ4v) is 3.57. The number of benzene rings is 1. The van der Waals surface area contributed by atoms with Gasteiger partial charge in [0.1, 0.15) is 5.75 Å². The Balaban J connectivity index is 0.00000176. The highest BCUT2D eigenvalue weighted by Gasteiger charge is 2.40. The lowest BCUT2D eigenvalue weighted by Crippen LogP contribution is -2.39. The van der Waals surface area contributed by atoms with Crippen LogP contribution in [0.5, 0.6) is 5.75 Å². The Morgan fingerprint density at radius 2 is 2.00 bits per heavy atom. The Bertz CT molecular complexity index is 515. The summed E-state index contributed by atoms with van der Waals surface area (Å²) in [6, 6.07) is 7.58. The second kappa shape index (κ2) is 7.34. The van der Waals surface area contributed by atoms with E-state index >= 15 is 0 Å². The summed E-state index contributed by atoms with van der Waals surface area (Å²) in [5.74, 6) is 0.825. The first-order chi connectivity index (χ1) is 10.2. The van der Waals surface area contributed by atoms with Gasteiger partial charge in [-0.2, -0.15) is 0 Å². The number of nitrogens with zero attached hydrogens (tertiary/aromatic N) is 1. The molecule has 22 heavy (non-hydrogen) atoms. The van der Waals surface area contributed by atoms with Gasteiger partial charge in [0, 0.05) is 13.1 Å². The van der Waals surface area contributed by atoms with E-state index < -0.39 is 0 Å². The van der Waals surface area contributed by atoms with E-state index in [4.69, 9.17) is 4.74 Å². The molecule has 0 saturated carbocycles. The van der Waals surface area contributed by atoms with Crippen molar-refractivity contribution in [3.63, 3.8) is 0 Å². The fraction of sp³-hybridized carbons (Fsp3) is 0.588. The molecule has 0 unspecified atom stereocenters. The zero-order chi connectivity index (χ0) is 14.7. The molecule has 1 spiro atoms. The molecule has 122 valence electrons. The Labute approximate surface area is 138 Å². The maximum absolute atomic E-state index is 12.8. The number of likely N-dealkylation sites (tertiary alicyclic amines) is 1. The number of hydrogen-bond donors (Lipinski definition) is 1. The molecule has 0 radical (unpaired) electrons. The van der Waals surface area contributed by atoms with E-state index in [2.05, 4.69) is 5.32 Å². The van der Waals surface area contributed by atoms with Crippen molar-refractivity contribution in [3.8, 4) is 5.75 Å². The zero-order valence-corrected chi connectivity index (χ0v) is 14.0. The summed E-state index contributed by atoms with van der Waals surface area (Å²) in [5.41, 5.74) is 1.05. The standard InChI is InChI=1S/C17H24N2O2.ClH/c1-2-21-15-6-4-3-5-14(15)16(20)19-12-9-17(13-19)7-10-18-11-8-17;/h3-6,18H,2,7-13H2,1H3;1H. The van der Waals surface area contributed by atoms with Crippen LogP contribution in [0.3, 0.4) is 0 Å². The van der Waals surface area contributed by atoms with Crippen LogP contribution in [0, 0.1) is 5.41 Å². The highest BCUT2D eigenvalue weighted by Crippen LogP contribution is 2.39. The monoisotopic (exact) mass is 324 g/mol. The van der Waals surface area contributed by atoms with Gasteiger partial charge >= 0.3 is 0 Å². The summed E-state index contributed by atoms with van der Waals surface area (Å²) >= 11 is 0. The number of hydrogen-bond acceptors (Lipinski definition) is 3. The van der Waals surface area contributed by atoms with Crippen LogP contribution in [-0.4, -0.2) is 43.6 Å². The van der Waals surface area contributed by atoms with Gasteiger partial charge in [-0.3, -0.25) is 4.79 Å². The van der Waals surface area contributed by atoms with Gasteiger partial charge in [0.25, 0.3) is 5.91 Å². The summed E-state index contributed by atoms with van der Waals surface area (Å²) in [6.07, 6.45) is 3.50. The summed E-state index contributed by atoms with van der Waals surface area (Å²) in [6.45, 7) is 6.46. The summed E-state index contributed by atoms with van der Waals surface area (Å²) in [4.78, 5) is 14.8. The number of carbonyl (C=O) groups excluding carboxylic acids is 1. The lowest BCUT2D eigenvalue weighted by Gasteiger charge is -2.33. The number of amides is 1. The van der Waals surface area contributed by atoms with Crippen LogP contribution in [0.4, 0.5) is 0 Å². The molecule has 0 aromatic heterocycles. The van der Waals surface area contributed by atoms with Gasteiger partial charge in [-0.25, -0.2) is 0 Å². The SMILES string of the molecule is CCOc1ccccc1C(=O)N1CCC2(CCNCC2)C1.Cl. The van der Waals surface area contributed by atoms with Gasteiger partial charge in [-0.05, 0) is 56.8 Å². The normalized spacial score (nSPS) is 19.8. The van der Waals surface area contributed by atoms with Gasteiger partial charge in [0.2, 0.25) is 0 Å². The summed E-state index contributed by atoms with van der Waals surface area (Å²) in [7, 11) is 0. The second-order valence-corrected chi connectivity index (χ2v) is 6.16. The highest BCUT2D eigenvalue weighted by atomic mass is 35.5. The van der Waals surface area contributed by atoms with Crippen molar-refractivity contribution >= 4 is 18.3 Å². The Hall–Kier alpha value is -1.26. The van der Waals surface area contributed by atoms with Crippen LogP contribution >= 0.6 is 12.4 Å². The van der Waals surface area contributed by atoms with Crippen molar-refractivity contribution < 1.29 is 9.53 Å². The number of ether oxygens (including phenoxy) is 1. The van der Waals surface area contributed by atoms with Crippen molar-refractivity contribution in [1.29, 1.82) is 0 Å². The summed E-state index contributed by atoms with van der Waals surface area (Å²) < 4.78 is 5.60. The highest BCUT2D eigenvalue weighted by molar-refractivity contribution is 5.97. The molecular formula is C17H25ClN2O2. The molecule has 0 aliphatic carbocycles. The Morgan fingerprint density at radius 3 is 2.73 bits per heavy atom. The molecule has 0 bridgehead atoms. The lowest BCUT2D eigenvalue weighted by atomic mass is 9.78. The molecule has 5 heteroatoms. The molecule has 1 amide bonds. The molecule has 2 heterocycles. The minimum Gasteiger partial charge on any atom is -0.493 e. The van der Waals surface area contributed by atoms with Crippen molar-refractivity contribution in [3.05, 3.63) is 29.8 Å². The number of piperidine rings is 1. The van der Waals surface area contributed by atoms with E-state index in [9.17, 15) is 4.79 Å². The Morgan fingerprint density at radius 1 is 1.27 bits per heavy atom. The average Bonchev–Trinajstić information content (AvgIpc) is 2.92. The van der Waals surface area contributed by atoms with E-state index in [1.165, 1.54) is 12.8 Å². The van der Waals surface area contributed by atoms with E-state index in [0.29, 0.717) is 23.3 Å². The maximum atomic E-state index is 12.8. The Kier molecular flexibility index (Phi) is 5.70. The maximum Gasteiger partial charge on any atom is 0.257 e. The first-order valence-corrected chi connectivity index (χ1v) is 7.96. The van der Waals surface area contributed by atoms with Gasteiger partial charge in [-0.1, -0.05) is 12.1 Å². The largest absolute Gasteiger partial charge is 0.493 e. The lowest BCUT2D eigenvalue weighted by molar-refractivity contribution is 0.0757. The molecule has 3 rings (SSSR count). The molecular weight excluding hydrogens is 300 g/mol. The zero-order valence-electron chi connectivity index (χ0n) is 13.1. The molecule has 2 aliphatic rings. The van der Waals surface area contributed by atoms with Gasteiger partial charge < -0.3 is 15.0 Å². The van der Waals surface area contributed by atoms with Crippen molar-refractivity contribution in [2.24, 2.45) is 5.41 Å². The minimum atomic E-state index is 0. The second-order valence-electron chi connectivity index (χ2n) is 6.16. The molecule has 4 nitrogen and oxygen atoms in total. The van der Waals surface area contributed by atoms with Crippen LogP contribution in [0.2, 0.25) is 0 Å². The number of carbonyl (C=O) groups is 1. The van der Waals surface area contributed by atoms with E-state index in [1.807, 2.05) is 36.1 Å². The number of rotatable bonds is 3. The smallest absolute Gasteiger partial charge is 0.257 e. The van der Waals surface area contributed by atoms with Crippen LogP contribution < -0.4 is 10.1 Å². The van der Waals surface area contributed by atoms with Gasteiger partial charge in [0.15, 0.2) is 0 Å². The van der Waals surface area contributed by atoms with Crippen LogP contribution in [-0.2, 0) is 0 Å². The van der Waals surface area contributed by atoms with Crippen molar-refractivity contribution in [2.45, 2.75) is 26.2 Å². The van der Waals surface area contributed by atoms with Crippen molar-refractivity contribution in [1.82, 2.24) is 10.2 Å². The molecule has 1 aromatic carbocycles. The van der Waals surface area contributed by atoms with Crippen LogP contribution in [0.15, 0.2) is 24.3 Å². The third kappa shape index (κ3) is 3.39. The third-order valence-electron chi connectivity index (χ3n) is 4.81. The van der Waals surface area contributed by atoms with E-state index in [0.717, 1.165) is 32.6 Å². The molecule has 1 N–H and O–H groups in total. The number of para-hydroxylation sites is 1. The van der Waals surface area contributed by atoms with Crippen LogP contribution in [0.1, 0.15) is 36.5 Å². The van der Waals surface area contributed by atoms with Crippen LogP contribution in [0.25, 0.3) is 0 Å². The quantitative estimate of drug-likeness (QED) is 0.929. The molecule has 2 fully saturated rings. The average molecular weight is 325 g/mol. The molecule has 0 atom stereocenters.